The quantitative estimate of drug-likeness (QED) is 0.175. The zero-order chi connectivity index (χ0) is 33.0. The Morgan fingerprint density at radius 3 is 1.80 bits per heavy atom. The van der Waals surface area contributed by atoms with Gasteiger partial charge in [0.2, 0.25) is 0 Å². The molecule has 0 aliphatic carbocycles. The van der Waals surface area contributed by atoms with Crippen LogP contribution in [0.2, 0.25) is 0 Å². The minimum Gasteiger partial charge on any atom is -0.455 e. The Balaban J connectivity index is 1.14. The van der Waals surface area contributed by atoms with Crippen LogP contribution in [0.4, 0.5) is 17.1 Å². The summed E-state index contributed by atoms with van der Waals surface area (Å²) in [5.41, 5.74) is 9.77. The van der Waals surface area contributed by atoms with Gasteiger partial charge in [0.05, 0.1) is 11.1 Å². The molecular formula is C48H31NO. The van der Waals surface area contributed by atoms with Crippen molar-refractivity contribution >= 4 is 71.3 Å². The first-order valence-electron chi connectivity index (χ1n) is 17.1. The summed E-state index contributed by atoms with van der Waals surface area (Å²) in [7, 11) is 0. The molecule has 0 amide bonds. The van der Waals surface area contributed by atoms with Crippen molar-refractivity contribution in [1.29, 1.82) is 0 Å². The highest BCUT2D eigenvalue weighted by Gasteiger charge is 2.21. The maximum absolute atomic E-state index is 6.63. The summed E-state index contributed by atoms with van der Waals surface area (Å²) in [6, 6.07) is 67.5. The third-order valence-corrected chi connectivity index (χ3v) is 10.0. The van der Waals surface area contributed by atoms with Crippen molar-refractivity contribution in [2.45, 2.75) is 0 Å². The number of rotatable bonds is 5. The molecule has 0 unspecified atom stereocenters. The Labute approximate surface area is 290 Å². The molecule has 10 aromatic rings. The standard InChI is InChI=1S/C48H31NO/c1-2-10-32(11-3-1)36-14-8-15-40(31-36)49(45-18-9-19-46-47(45)44-29-24-35-13-5-7-17-43(35)48(44)50-46)39-26-22-33(23-27-39)37-25-28-42-38(30-37)21-20-34-12-4-6-16-41(34)42/h1-31H. The maximum Gasteiger partial charge on any atom is 0.143 e. The minimum atomic E-state index is 0.873. The molecule has 9 aromatic carbocycles. The van der Waals surface area contributed by atoms with Gasteiger partial charge in [-0.25, -0.2) is 0 Å². The van der Waals surface area contributed by atoms with Crippen LogP contribution >= 0.6 is 0 Å². The molecule has 0 spiro atoms. The average Bonchev–Trinajstić information content (AvgIpc) is 3.59. The molecule has 1 aromatic heterocycles. The van der Waals surface area contributed by atoms with Crippen LogP contribution in [0.5, 0.6) is 0 Å². The van der Waals surface area contributed by atoms with Gasteiger partial charge in [0.15, 0.2) is 0 Å². The molecule has 0 aliphatic heterocycles. The van der Waals surface area contributed by atoms with Gasteiger partial charge in [0.25, 0.3) is 0 Å². The molecule has 0 bridgehead atoms. The molecule has 0 aliphatic rings. The second-order valence-electron chi connectivity index (χ2n) is 12.9. The monoisotopic (exact) mass is 637 g/mol. The lowest BCUT2D eigenvalue weighted by Gasteiger charge is -2.27. The van der Waals surface area contributed by atoms with Crippen LogP contribution in [0.3, 0.4) is 0 Å². The van der Waals surface area contributed by atoms with Crippen molar-refractivity contribution in [3.05, 3.63) is 188 Å². The molecule has 2 nitrogen and oxygen atoms in total. The van der Waals surface area contributed by atoms with Crippen molar-refractivity contribution in [3.63, 3.8) is 0 Å². The number of nitrogens with zero attached hydrogens (tertiary/aromatic N) is 1. The number of furan rings is 1. The largest absolute Gasteiger partial charge is 0.455 e. The molecule has 2 heteroatoms. The lowest BCUT2D eigenvalue weighted by molar-refractivity contribution is 0.672. The van der Waals surface area contributed by atoms with Gasteiger partial charge >= 0.3 is 0 Å². The SMILES string of the molecule is c1ccc(-c2cccc(N(c3ccc(-c4ccc5c(ccc6ccccc65)c4)cc3)c3cccc4oc5c6ccccc6ccc5c34)c2)cc1. The molecule has 0 saturated carbocycles. The van der Waals surface area contributed by atoms with E-state index in [1.807, 2.05) is 0 Å². The third kappa shape index (κ3) is 4.65. The van der Waals surface area contributed by atoms with Crippen molar-refractivity contribution in [1.82, 2.24) is 0 Å². The van der Waals surface area contributed by atoms with Crippen molar-refractivity contribution in [3.8, 4) is 22.3 Å². The zero-order valence-electron chi connectivity index (χ0n) is 27.3. The highest BCUT2D eigenvalue weighted by Crippen LogP contribution is 2.45. The van der Waals surface area contributed by atoms with Crippen molar-refractivity contribution in [2.24, 2.45) is 0 Å². The van der Waals surface area contributed by atoms with Crippen LogP contribution in [0.15, 0.2) is 192 Å². The van der Waals surface area contributed by atoms with Crippen LogP contribution < -0.4 is 4.90 Å². The summed E-state index contributed by atoms with van der Waals surface area (Å²) in [4.78, 5) is 2.37. The molecular weight excluding hydrogens is 607 g/mol. The first-order valence-corrected chi connectivity index (χ1v) is 17.1. The van der Waals surface area contributed by atoms with Crippen LogP contribution in [-0.4, -0.2) is 0 Å². The highest BCUT2D eigenvalue weighted by atomic mass is 16.3. The molecule has 0 saturated heterocycles. The smallest absolute Gasteiger partial charge is 0.143 e. The first-order chi connectivity index (χ1) is 24.8. The van der Waals surface area contributed by atoms with E-state index in [1.54, 1.807) is 0 Å². The maximum atomic E-state index is 6.63. The highest BCUT2D eigenvalue weighted by molar-refractivity contribution is 6.19. The lowest BCUT2D eigenvalue weighted by atomic mass is 9.97. The molecule has 50 heavy (non-hydrogen) atoms. The number of hydrogen-bond acceptors (Lipinski definition) is 2. The van der Waals surface area contributed by atoms with E-state index in [1.165, 1.54) is 49.2 Å². The van der Waals surface area contributed by atoms with Crippen molar-refractivity contribution < 1.29 is 4.42 Å². The van der Waals surface area contributed by atoms with Gasteiger partial charge < -0.3 is 9.32 Å². The fourth-order valence-corrected chi connectivity index (χ4v) is 7.60. The summed E-state index contributed by atoms with van der Waals surface area (Å²) in [5.74, 6) is 0. The lowest BCUT2D eigenvalue weighted by Crippen LogP contribution is -2.10. The van der Waals surface area contributed by atoms with E-state index in [0.717, 1.165) is 44.4 Å². The Bertz CT molecular complexity index is 2870. The Morgan fingerprint density at radius 1 is 0.340 bits per heavy atom. The van der Waals surface area contributed by atoms with E-state index in [-0.39, 0.29) is 0 Å². The molecule has 0 radical (unpaired) electrons. The van der Waals surface area contributed by atoms with Gasteiger partial charge in [-0.1, -0.05) is 140 Å². The Hall–Kier alpha value is -6.64. The average molecular weight is 638 g/mol. The van der Waals surface area contributed by atoms with E-state index in [2.05, 4.69) is 193 Å². The molecule has 1 heterocycles. The summed E-state index contributed by atoms with van der Waals surface area (Å²) in [5, 5.41) is 9.58. The Morgan fingerprint density at radius 2 is 0.940 bits per heavy atom. The molecule has 234 valence electrons. The zero-order valence-corrected chi connectivity index (χ0v) is 27.3. The van der Waals surface area contributed by atoms with Gasteiger partial charge in [-0.05, 0) is 97.7 Å². The number of fused-ring (bicyclic) bond motifs is 8. The third-order valence-electron chi connectivity index (χ3n) is 10.0. The second kappa shape index (κ2) is 11.5. The van der Waals surface area contributed by atoms with E-state index >= 15 is 0 Å². The second-order valence-corrected chi connectivity index (χ2v) is 12.9. The summed E-state index contributed by atoms with van der Waals surface area (Å²) >= 11 is 0. The fourth-order valence-electron chi connectivity index (χ4n) is 7.60. The molecule has 0 fully saturated rings. The van der Waals surface area contributed by atoms with Gasteiger partial charge in [0.1, 0.15) is 11.2 Å². The van der Waals surface area contributed by atoms with E-state index in [0.29, 0.717) is 0 Å². The van der Waals surface area contributed by atoms with Crippen LogP contribution in [0, 0.1) is 0 Å². The van der Waals surface area contributed by atoms with Crippen LogP contribution in [0.1, 0.15) is 0 Å². The van der Waals surface area contributed by atoms with Gasteiger partial charge in [-0.15, -0.1) is 0 Å². The van der Waals surface area contributed by atoms with Crippen LogP contribution in [0.25, 0.3) is 76.5 Å². The summed E-state index contributed by atoms with van der Waals surface area (Å²) in [6.45, 7) is 0. The van der Waals surface area contributed by atoms with E-state index in [4.69, 9.17) is 4.42 Å². The van der Waals surface area contributed by atoms with Crippen LogP contribution in [-0.2, 0) is 0 Å². The predicted molar refractivity (Wildman–Crippen MR) is 212 cm³/mol. The number of benzene rings is 9. The minimum absolute atomic E-state index is 0.873. The number of hydrogen-bond donors (Lipinski definition) is 0. The molecule has 0 N–H and O–H groups in total. The van der Waals surface area contributed by atoms with Gasteiger partial charge in [-0.2, -0.15) is 0 Å². The van der Waals surface area contributed by atoms with Gasteiger partial charge in [-0.3, -0.25) is 0 Å². The molecule has 10 rings (SSSR count). The normalized spacial score (nSPS) is 11.6. The number of anilines is 3. The first kappa shape index (κ1) is 28.4. The van der Waals surface area contributed by atoms with Gasteiger partial charge in [0, 0.05) is 22.1 Å². The molecule has 0 atom stereocenters. The Kier molecular flexibility index (Phi) is 6.53. The topological polar surface area (TPSA) is 16.4 Å². The van der Waals surface area contributed by atoms with E-state index in [9.17, 15) is 0 Å². The van der Waals surface area contributed by atoms with E-state index < -0.39 is 0 Å². The predicted octanol–water partition coefficient (Wildman–Crippen LogP) is 13.8. The fraction of sp³-hybridized carbons (Fsp3) is 0. The summed E-state index contributed by atoms with van der Waals surface area (Å²) in [6.07, 6.45) is 0. The summed E-state index contributed by atoms with van der Waals surface area (Å²) < 4.78 is 6.63. The van der Waals surface area contributed by atoms with Crippen molar-refractivity contribution in [2.75, 3.05) is 4.90 Å².